The molecular weight excluding hydrogens is 364 g/mol. The van der Waals surface area contributed by atoms with E-state index in [1.807, 2.05) is 6.07 Å². The first kappa shape index (κ1) is 19.4. The number of methoxy groups -OCH3 is 1. The number of carbonyl (C=O) groups is 1. The van der Waals surface area contributed by atoms with Crippen LogP contribution in [0, 0.1) is 5.92 Å². The molecule has 0 spiro atoms. The molecule has 1 atom stereocenters. The molecule has 2 aromatic carbocycles. The van der Waals surface area contributed by atoms with Gasteiger partial charge in [0.25, 0.3) is 5.91 Å². The highest BCUT2D eigenvalue weighted by molar-refractivity contribution is 7.89. The van der Waals surface area contributed by atoms with Crippen LogP contribution in [-0.2, 0) is 10.0 Å². The number of para-hydroxylation sites is 1. The topological polar surface area (TPSA) is 75.7 Å². The van der Waals surface area contributed by atoms with Gasteiger partial charge in [0, 0.05) is 19.6 Å². The smallest absolute Gasteiger partial charge is 0.255 e. The Morgan fingerprint density at radius 1 is 1.15 bits per heavy atom. The van der Waals surface area contributed by atoms with E-state index in [0.717, 1.165) is 12.8 Å². The summed E-state index contributed by atoms with van der Waals surface area (Å²) in [6.45, 7) is 1.34. The van der Waals surface area contributed by atoms with Crippen LogP contribution in [0.3, 0.4) is 0 Å². The molecule has 6 nitrogen and oxygen atoms in total. The fourth-order valence-corrected chi connectivity index (χ4v) is 4.89. The zero-order chi connectivity index (χ0) is 19.3. The van der Waals surface area contributed by atoms with Gasteiger partial charge in [0.05, 0.1) is 17.6 Å². The van der Waals surface area contributed by atoms with Crippen molar-refractivity contribution in [3.63, 3.8) is 0 Å². The molecule has 1 fully saturated rings. The number of hydrogen-bond acceptors (Lipinski definition) is 4. The van der Waals surface area contributed by atoms with Crippen molar-refractivity contribution in [2.45, 2.75) is 17.7 Å². The minimum Gasteiger partial charge on any atom is -0.496 e. The average Bonchev–Trinajstić information content (AvgIpc) is 2.72. The van der Waals surface area contributed by atoms with Crippen molar-refractivity contribution in [1.82, 2.24) is 9.62 Å². The van der Waals surface area contributed by atoms with E-state index in [9.17, 15) is 13.2 Å². The third kappa shape index (κ3) is 4.48. The number of piperidine rings is 1. The number of nitrogens with zero attached hydrogens (tertiary/aromatic N) is 1. The average molecular weight is 388 g/mol. The van der Waals surface area contributed by atoms with Crippen molar-refractivity contribution < 1.29 is 17.9 Å². The van der Waals surface area contributed by atoms with Crippen LogP contribution in [0.25, 0.3) is 0 Å². The molecule has 0 saturated carbocycles. The van der Waals surface area contributed by atoms with Gasteiger partial charge in [0.15, 0.2) is 0 Å². The van der Waals surface area contributed by atoms with Crippen LogP contribution in [0.4, 0.5) is 0 Å². The third-order valence-corrected chi connectivity index (χ3v) is 6.64. The normalized spacial score (nSPS) is 18.0. The second-order valence-corrected chi connectivity index (χ2v) is 8.53. The lowest BCUT2D eigenvalue weighted by atomic mass is 9.99. The van der Waals surface area contributed by atoms with Gasteiger partial charge >= 0.3 is 0 Å². The summed E-state index contributed by atoms with van der Waals surface area (Å²) in [6.07, 6.45) is 1.66. The van der Waals surface area contributed by atoms with Gasteiger partial charge in [-0.15, -0.1) is 0 Å². The van der Waals surface area contributed by atoms with E-state index in [2.05, 4.69) is 5.32 Å². The van der Waals surface area contributed by atoms with Crippen molar-refractivity contribution in [3.8, 4) is 5.75 Å². The van der Waals surface area contributed by atoms with E-state index < -0.39 is 10.0 Å². The Labute approximate surface area is 160 Å². The lowest BCUT2D eigenvalue weighted by Gasteiger charge is -2.32. The molecule has 0 radical (unpaired) electrons. The molecular formula is C20H24N2O4S. The fourth-order valence-electron chi connectivity index (χ4n) is 3.32. The number of rotatable bonds is 6. The quantitative estimate of drug-likeness (QED) is 0.825. The van der Waals surface area contributed by atoms with Crippen LogP contribution in [0.5, 0.6) is 5.75 Å². The van der Waals surface area contributed by atoms with Crippen LogP contribution in [-0.4, -0.2) is 45.4 Å². The predicted molar refractivity (Wildman–Crippen MR) is 103 cm³/mol. The molecule has 144 valence electrons. The second kappa shape index (κ2) is 8.54. The number of nitrogens with one attached hydrogen (secondary N) is 1. The molecule has 3 rings (SSSR count). The molecule has 2 aromatic rings. The Bertz CT molecular complexity index is 884. The second-order valence-electron chi connectivity index (χ2n) is 6.59. The molecule has 0 aliphatic carbocycles. The first-order valence-corrected chi connectivity index (χ1v) is 10.4. The van der Waals surface area contributed by atoms with Gasteiger partial charge in [-0.25, -0.2) is 8.42 Å². The Morgan fingerprint density at radius 3 is 2.59 bits per heavy atom. The van der Waals surface area contributed by atoms with Crippen LogP contribution in [0.15, 0.2) is 59.5 Å². The lowest BCUT2D eigenvalue weighted by Crippen LogP contribution is -2.43. The number of benzene rings is 2. The predicted octanol–water partition coefficient (Wildman–Crippen LogP) is 2.53. The van der Waals surface area contributed by atoms with E-state index in [1.54, 1.807) is 48.5 Å². The number of carbonyl (C=O) groups excluding carboxylic acids is 1. The maximum Gasteiger partial charge on any atom is 0.255 e. The molecule has 1 aliphatic rings. The summed E-state index contributed by atoms with van der Waals surface area (Å²) in [5.74, 6) is 0.387. The maximum atomic E-state index is 12.8. The SMILES string of the molecule is COc1ccccc1C(=O)NCC1CCCN(S(=O)(=O)c2ccccc2)C1. The van der Waals surface area contributed by atoms with Crippen molar-refractivity contribution in [2.24, 2.45) is 5.92 Å². The lowest BCUT2D eigenvalue weighted by molar-refractivity contribution is 0.0938. The minimum atomic E-state index is -3.50. The van der Waals surface area contributed by atoms with Crippen molar-refractivity contribution in [2.75, 3.05) is 26.7 Å². The summed E-state index contributed by atoms with van der Waals surface area (Å²) in [7, 11) is -1.97. The Morgan fingerprint density at radius 2 is 1.85 bits per heavy atom. The molecule has 1 saturated heterocycles. The number of amides is 1. The van der Waals surface area contributed by atoms with Gasteiger partial charge in [0.2, 0.25) is 10.0 Å². The summed E-state index contributed by atoms with van der Waals surface area (Å²) in [5.41, 5.74) is 0.476. The highest BCUT2D eigenvalue weighted by Gasteiger charge is 2.30. The largest absolute Gasteiger partial charge is 0.496 e. The van der Waals surface area contributed by atoms with E-state index in [-0.39, 0.29) is 11.8 Å². The van der Waals surface area contributed by atoms with E-state index in [0.29, 0.717) is 35.8 Å². The first-order chi connectivity index (χ1) is 13.0. The summed E-state index contributed by atoms with van der Waals surface area (Å²) in [4.78, 5) is 12.8. The van der Waals surface area contributed by atoms with Crippen LogP contribution in [0.2, 0.25) is 0 Å². The Balaban J connectivity index is 1.63. The highest BCUT2D eigenvalue weighted by Crippen LogP contribution is 2.23. The molecule has 1 heterocycles. The van der Waals surface area contributed by atoms with E-state index >= 15 is 0 Å². The summed E-state index contributed by atoms with van der Waals surface area (Å²) in [5, 5.41) is 2.91. The number of hydrogen-bond donors (Lipinski definition) is 1. The van der Waals surface area contributed by atoms with Gasteiger partial charge in [-0.2, -0.15) is 4.31 Å². The van der Waals surface area contributed by atoms with Crippen LogP contribution < -0.4 is 10.1 Å². The Hall–Kier alpha value is -2.38. The van der Waals surface area contributed by atoms with Gasteiger partial charge in [-0.05, 0) is 43.0 Å². The fraction of sp³-hybridized carbons (Fsp3) is 0.350. The third-order valence-electron chi connectivity index (χ3n) is 4.77. The number of sulfonamides is 1. The molecule has 0 bridgehead atoms. The van der Waals surface area contributed by atoms with Crippen LogP contribution in [0.1, 0.15) is 23.2 Å². The zero-order valence-electron chi connectivity index (χ0n) is 15.3. The molecule has 0 aromatic heterocycles. The van der Waals surface area contributed by atoms with E-state index in [4.69, 9.17) is 4.74 Å². The maximum absolute atomic E-state index is 12.8. The van der Waals surface area contributed by atoms with Gasteiger partial charge in [-0.3, -0.25) is 4.79 Å². The minimum absolute atomic E-state index is 0.0795. The van der Waals surface area contributed by atoms with Gasteiger partial charge in [-0.1, -0.05) is 30.3 Å². The van der Waals surface area contributed by atoms with Gasteiger partial charge < -0.3 is 10.1 Å². The summed E-state index contributed by atoms with van der Waals surface area (Å²) < 4.78 is 32.3. The first-order valence-electron chi connectivity index (χ1n) is 8.99. The van der Waals surface area contributed by atoms with Crippen molar-refractivity contribution in [3.05, 3.63) is 60.2 Å². The van der Waals surface area contributed by atoms with Crippen LogP contribution >= 0.6 is 0 Å². The monoisotopic (exact) mass is 388 g/mol. The molecule has 1 aliphatic heterocycles. The number of ether oxygens (including phenoxy) is 1. The van der Waals surface area contributed by atoms with Crippen molar-refractivity contribution >= 4 is 15.9 Å². The van der Waals surface area contributed by atoms with Crippen molar-refractivity contribution in [1.29, 1.82) is 0 Å². The molecule has 1 N–H and O–H groups in total. The Kier molecular flexibility index (Phi) is 6.13. The molecule has 27 heavy (non-hydrogen) atoms. The molecule has 7 heteroatoms. The highest BCUT2D eigenvalue weighted by atomic mass is 32.2. The molecule has 1 unspecified atom stereocenters. The zero-order valence-corrected chi connectivity index (χ0v) is 16.1. The summed E-state index contributed by atoms with van der Waals surface area (Å²) >= 11 is 0. The van der Waals surface area contributed by atoms with Gasteiger partial charge in [0.1, 0.15) is 5.75 Å². The summed E-state index contributed by atoms with van der Waals surface area (Å²) in [6, 6.07) is 15.5. The van der Waals surface area contributed by atoms with E-state index in [1.165, 1.54) is 11.4 Å². The molecule has 1 amide bonds. The standard InChI is InChI=1S/C20H24N2O4S/c1-26-19-12-6-5-11-18(19)20(23)21-14-16-8-7-13-22(15-16)27(24,25)17-9-3-2-4-10-17/h2-6,9-12,16H,7-8,13-15H2,1H3,(H,21,23).